The van der Waals surface area contributed by atoms with Gasteiger partial charge in [-0.3, -0.25) is 4.79 Å². The number of carbonyl (C=O) groups excluding carboxylic acids is 1. The normalized spacial score (nSPS) is 12.0. The fraction of sp³-hybridized carbons (Fsp3) is 0.235. The quantitative estimate of drug-likeness (QED) is 0.727. The van der Waals surface area contributed by atoms with Crippen LogP contribution in [0.5, 0.6) is 0 Å². The van der Waals surface area contributed by atoms with E-state index in [2.05, 4.69) is 15.9 Å². The molecule has 2 aromatic rings. The molecule has 21 heavy (non-hydrogen) atoms. The van der Waals surface area contributed by atoms with Gasteiger partial charge in [0.15, 0.2) is 0 Å². The molecule has 0 saturated carbocycles. The van der Waals surface area contributed by atoms with Crippen LogP contribution in [0.1, 0.15) is 34.5 Å². The zero-order chi connectivity index (χ0) is 15.6. The van der Waals surface area contributed by atoms with Gasteiger partial charge in [-0.2, -0.15) is 0 Å². The van der Waals surface area contributed by atoms with Gasteiger partial charge in [-0.1, -0.05) is 41.4 Å². The van der Waals surface area contributed by atoms with E-state index in [1.807, 2.05) is 56.3 Å². The molecule has 0 fully saturated rings. The molecule has 0 aliphatic heterocycles. The van der Waals surface area contributed by atoms with E-state index in [0.29, 0.717) is 10.6 Å². The smallest absolute Gasteiger partial charge is 0.255 e. The van der Waals surface area contributed by atoms with Crippen LogP contribution in [0.3, 0.4) is 0 Å². The molecular formula is C17H17BrClNO. The maximum absolute atomic E-state index is 12.7. The monoisotopic (exact) mass is 365 g/mol. The SMILES string of the molecule is Cc1ccc(Br)c(C(=O)N(C)C(C)c2ccccc2Cl)c1. The van der Waals surface area contributed by atoms with Crippen LogP contribution in [0.15, 0.2) is 46.9 Å². The largest absolute Gasteiger partial charge is 0.335 e. The van der Waals surface area contributed by atoms with Gasteiger partial charge in [-0.15, -0.1) is 0 Å². The summed E-state index contributed by atoms with van der Waals surface area (Å²) in [5, 5.41) is 0.674. The highest BCUT2D eigenvalue weighted by molar-refractivity contribution is 9.10. The van der Waals surface area contributed by atoms with Crippen molar-refractivity contribution in [3.8, 4) is 0 Å². The lowest BCUT2D eigenvalue weighted by Crippen LogP contribution is -2.30. The Kier molecular flexibility index (Phi) is 5.07. The summed E-state index contributed by atoms with van der Waals surface area (Å²) in [6.45, 7) is 3.95. The molecule has 2 aromatic carbocycles. The zero-order valence-electron chi connectivity index (χ0n) is 12.2. The Labute approximate surface area is 138 Å². The van der Waals surface area contributed by atoms with Crippen molar-refractivity contribution in [2.24, 2.45) is 0 Å². The third kappa shape index (κ3) is 3.47. The summed E-state index contributed by atoms with van der Waals surface area (Å²) in [6, 6.07) is 13.3. The van der Waals surface area contributed by atoms with Crippen molar-refractivity contribution in [1.29, 1.82) is 0 Å². The first-order valence-electron chi connectivity index (χ1n) is 6.69. The molecule has 0 bridgehead atoms. The van der Waals surface area contributed by atoms with E-state index in [1.165, 1.54) is 0 Å². The number of halogens is 2. The highest BCUT2D eigenvalue weighted by Crippen LogP contribution is 2.28. The van der Waals surface area contributed by atoms with Crippen molar-refractivity contribution in [1.82, 2.24) is 4.90 Å². The molecule has 1 atom stereocenters. The van der Waals surface area contributed by atoms with E-state index in [4.69, 9.17) is 11.6 Å². The Morgan fingerprint density at radius 1 is 1.24 bits per heavy atom. The number of carbonyl (C=O) groups is 1. The van der Waals surface area contributed by atoms with E-state index in [9.17, 15) is 4.79 Å². The fourth-order valence-corrected chi connectivity index (χ4v) is 2.90. The van der Waals surface area contributed by atoms with E-state index in [0.717, 1.165) is 15.6 Å². The van der Waals surface area contributed by atoms with Crippen LogP contribution in [0.2, 0.25) is 5.02 Å². The first kappa shape index (κ1) is 16.1. The Bertz CT molecular complexity index is 672. The summed E-state index contributed by atoms with van der Waals surface area (Å²) in [7, 11) is 1.80. The second-order valence-electron chi connectivity index (χ2n) is 5.10. The lowest BCUT2D eigenvalue weighted by Gasteiger charge is -2.26. The molecule has 0 radical (unpaired) electrons. The van der Waals surface area contributed by atoms with E-state index >= 15 is 0 Å². The molecule has 4 heteroatoms. The summed E-state index contributed by atoms with van der Waals surface area (Å²) >= 11 is 9.67. The molecule has 0 N–H and O–H groups in total. The number of nitrogens with zero attached hydrogens (tertiary/aromatic N) is 1. The Morgan fingerprint density at radius 2 is 1.90 bits per heavy atom. The van der Waals surface area contributed by atoms with Crippen molar-refractivity contribution in [3.05, 3.63) is 68.7 Å². The molecular weight excluding hydrogens is 350 g/mol. The number of hydrogen-bond donors (Lipinski definition) is 0. The Morgan fingerprint density at radius 3 is 2.57 bits per heavy atom. The van der Waals surface area contributed by atoms with Crippen LogP contribution >= 0.6 is 27.5 Å². The molecule has 0 aromatic heterocycles. The van der Waals surface area contributed by atoms with Crippen LogP contribution in [0.4, 0.5) is 0 Å². The third-order valence-electron chi connectivity index (χ3n) is 3.61. The highest BCUT2D eigenvalue weighted by atomic mass is 79.9. The first-order chi connectivity index (χ1) is 9.91. The summed E-state index contributed by atoms with van der Waals surface area (Å²) in [4.78, 5) is 14.4. The van der Waals surface area contributed by atoms with Crippen LogP contribution in [0.25, 0.3) is 0 Å². The standard InChI is InChI=1S/C17H17BrClNO/c1-11-8-9-15(18)14(10-11)17(21)20(3)12(2)13-6-4-5-7-16(13)19/h4-10,12H,1-3H3. The minimum absolute atomic E-state index is 0.0296. The van der Waals surface area contributed by atoms with Crippen molar-refractivity contribution >= 4 is 33.4 Å². The molecule has 0 aliphatic rings. The van der Waals surface area contributed by atoms with Gasteiger partial charge < -0.3 is 4.90 Å². The summed E-state index contributed by atoms with van der Waals surface area (Å²) < 4.78 is 0.802. The fourth-order valence-electron chi connectivity index (χ4n) is 2.19. The van der Waals surface area contributed by atoms with Gasteiger partial charge in [-0.25, -0.2) is 0 Å². The zero-order valence-corrected chi connectivity index (χ0v) is 14.6. The van der Waals surface area contributed by atoms with Crippen LogP contribution in [-0.2, 0) is 0 Å². The minimum atomic E-state index is -0.0985. The van der Waals surface area contributed by atoms with Crippen LogP contribution in [0, 0.1) is 6.92 Å². The predicted octanol–water partition coefficient (Wildman–Crippen LogP) is 5.24. The second-order valence-corrected chi connectivity index (χ2v) is 6.36. The number of aryl methyl sites for hydroxylation is 1. The number of rotatable bonds is 3. The Hall–Kier alpha value is -1.32. The summed E-state index contributed by atoms with van der Waals surface area (Å²) in [6.07, 6.45) is 0. The average Bonchev–Trinajstić information content (AvgIpc) is 2.48. The highest BCUT2D eigenvalue weighted by Gasteiger charge is 2.22. The molecule has 0 aliphatic carbocycles. The molecule has 1 unspecified atom stereocenters. The van der Waals surface area contributed by atoms with Gasteiger partial charge in [0.25, 0.3) is 5.91 Å². The molecule has 2 rings (SSSR count). The maximum atomic E-state index is 12.7. The van der Waals surface area contributed by atoms with Crippen molar-refractivity contribution in [2.45, 2.75) is 19.9 Å². The van der Waals surface area contributed by atoms with E-state index in [-0.39, 0.29) is 11.9 Å². The molecule has 0 spiro atoms. The molecule has 110 valence electrons. The van der Waals surface area contributed by atoms with Gasteiger partial charge in [0, 0.05) is 16.5 Å². The van der Waals surface area contributed by atoms with Crippen LogP contribution < -0.4 is 0 Å². The number of amides is 1. The first-order valence-corrected chi connectivity index (χ1v) is 7.86. The second kappa shape index (κ2) is 6.63. The van der Waals surface area contributed by atoms with E-state index in [1.54, 1.807) is 11.9 Å². The van der Waals surface area contributed by atoms with Gasteiger partial charge in [0.1, 0.15) is 0 Å². The maximum Gasteiger partial charge on any atom is 0.255 e. The van der Waals surface area contributed by atoms with Gasteiger partial charge >= 0.3 is 0 Å². The minimum Gasteiger partial charge on any atom is -0.335 e. The van der Waals surface area contributed by atoms with Crippen molar-refractivity contribution in [2.75, 3.05) is 7.05 Å². The molecule has 2 nitrogen and oxygen atoms in total. The van der Waals surface area contributed by atoms with Crippen LogP contribution in [-0.4, -0.2) is 17.9 Å². The van der Waals surface area contributed by atoms with Gasteiger partial charge in [0.2, 0.25) is 0 Å². The van der Waals surface area contributed by atoms with Gasteiger partial charge in [-0.05, 0) is 53.5 Å². The molecule has 1 amide bonds. The third-order valence-corrected chi connectivity index (χ3v) is 4.64. The molecule has 0 saturated heterocycles. The topological polar surface area (TPSA) is 20.3 Å². The van der Waals surface area contributed by atoms with Crippen molar-refractivity contribution in [3.63, 3.8) is 0 Å². The summed E-state index contributed by atoms with van der Waals surface area (Å²) in [5.74, 6) is -0.0296. The Balaban J connectivity index is 2.31. The average molecular weight is 367 g/mol. The van der Waals surface area contributed by atoms with E-state index < -0.39 is 0 Å². The van der Waals surface area contributed by atoms with Gasteiger partial charge in [0.05, 0.1) is 11.6 Å². The predicted molar refractivity (Wildman–Crippen MR) is 90.8 cm³/mol. The lowest BCUT2D eigenvalue weighted by molar-refractivity contribution is 0.0741. The summed E-state index contributed by atoms with van der Waals surface area (Å²) in [5.41, 5.74) is 2.66. The number of hydrogen-bond acceptors (Lipinski definition) is 1. The van der Waals surface area contributed by atoms with Crippen molar-refractivity contribution < 1.29 is 4.79 Å². The number of benzene rings is 2. The molecule has 0 heterocycles. The lowest BCUT2D eigenvalue weighted by atomic mass is 10.1.